The lowest BCUT2D eigenvalue weighted by Gasteiger charge is -2.29. The van der Waals surface area contributed by atoms with E-state index in [0.717, 1.165) is 38.5 Å². The summed E-state index contributed by atoms with van der Waals surface area (Å²) in [5.41, 5.74) is 0. The first-order valence-electron chi connectivity index (χ1n) is 23.2. The number of nitrogens with zero attached hydrogens (tertiary/aromatic N) is 1. The van der Waals surface area contributed by atoms with Crippen molar-refractivity contribution in [2.45, 2.75) is 225 Å². The number of amides is 1. The topological polar surface area (TPSA) is 108 Å². The lowest BCUT2D eigenvalue weighted by atomic mass is 10.0. The third-order valence-electron chi connectivity index (χ3n) is 10.4. The summed E-state index contributed by atoms with van der Waals surface area (Å²) < 4.78 is 23.2. The van der Waals surface area contributed by atoms with Crippen LogP contribution in [0.15, 0.2) is 24.3 Å². The molecule has 0 saturated carbocycles. The van der Waals surface area contributed by atoms with Gasteiger partial charge in [0.05, 0.1) is 39.9 Å². The molecule has 1 amide bonds. The fourth-order valence-corrected chi connectivity index (χ4v) is 7.40. The summed E-state index contributed by atoms with van der Waals surface area (Å²) in [5.74, 6) is -0.201. The first kappa shape index (κ1) is 54.0. The minimum atomic E-state index is -4.59. The normalized spacial score (nSPS) is 14.5. The van der Waals surface area contributed by atoms with E-state index in [0.29, 0.717) is 17.4 Å². The lowest BCUT2D eigenvalue weighted by molar-refractivity contribution is -0.870. The van der Waals surface area contributed by atoms with Crippen molar-refractivity contribution in [3.05, 3.63) is 24.3 Å². The van der Waals surface area contributed by atoms with Gasteiger partial charge in [0.2, 0.25) is 5.91 Å². The van der Waals surface area contributed by atoms with Crippen LogP contribution in [0.2, 0.25) is 0 Å². The number of quaternary nitrogens is 1. The third-order valence-corrected chi connectivity index (χ3v) is 11.4. The molecule has 0 aliphatic rings. The molecule has 8 nitrogen and oxygen atoms in total. The van der Waals surface area contributed by atoms with Crippen molar-refractivity contribution in [3.8, 4) is 0 Å². The average Bonchev–Trinajstić information content (AvgIpc) is 3.13. The highest BCUT2D eigenvalue weighted by Gasteiger charge is 2.23. The fraction of sp³-hybridized carbons (Fsp3) is 0.891. The monoisotopic (exact) mass is 799 g/mol. The molecule has 0 aromatic heterocycles. The van der Waals surface area contributed by atoms with E-state index in [1.165, 1.54) is 154 Å². The van der Waals surface area contributed by atoms with Crippen molar-refractivity contribution < 1.29 is 32.9 Å². The Hall–Kier alpha value is -1.02. The van der Waals surface area contributed by atoms with Crippen LogP contribution in [0.3, 0.4) is 0 Å². The van der Waals surface area contributed by atoms with Gasteiger partial charge in [0.25, 0.3) is 7.82 Å². The average molecular weight is 799 g/mol. The fourth-order valence-electron chi connectivity index (χ4n) is 6.68. The Labute approximate surface area is 341 Å². The highest BCUT2D eigenvalue weighted by Crippen LogP contribution is 2.38. The van der Waals surface area contributed by atoms with Crippen LogP contribution in [-0.2, 0) is 18.4 Å². The van der Waals surface area contributed by atoms with E-state index in [1.807, 2.05) is 27.2 Å². The van der Waals surface area contributed by atoms with Gasteiger partial charge in [0, 0.05) is 6.42 Å². The molecule has 0 fully saturated rings. The Kier molecular flexibility index (Phi) is 37.8. The van der Waals surface area contributed by atoms with Gasteiger partial charge in [-0.25, -0.2) is 0 Å². The molecule has 0 aliphatic heterocycles. The van der Waals surface area contributed by atoms with Crippen LogP contribution in [0.5, 0.6) is 0 Å². The van der Waals surface area contributed by atoms with Gasteiger partial charge in [-0.05, 0) is 44.9 Å². The molecule has 0 radical (unpaired) electrons. The minimum Gasteiger partial charge on any atom is -0.756 e. The molecule has 0 bridgehead atoms. The van der Waals surface area contributed by atoms with E-state index in [2.05, 4.69) is 31.3 Å². The number of carbonyl (C=O) groups is 1. The van der Waals surface area contributed by atoms with E-state index in [-0.39, 0.29) is 19.1 Å². The summed E-state index contributed by atoms with van der Waals surface area (Å²) in [6.45, 7) is 4.65. The second-order valence-electron chi connectivity index (χ2n) is 17.1. The van der Waals surface area contributed by atoms with Crippen molar-refractivity contribution in [1.82, 2.24) is 5.32 Å². The number of allylic oxidation sites excluding steroid dienone is 3. The minimum absolute atomic E-state index is 0.000704. The van der Waals surface area contributed by atoms with Gasteiger partial charge in [0.1, 0.15) is 13.2 Å². The number of unbranched alkanes of at least 4 members (excludes halogenated alkanes) is 27. The Morgan fingerprint density at radius 2 is 1.00 bits per heavy atom. The molecule has 9 heteroatoms. The molecule has 0 spiro atoms. The number of hydrogen-bond donors (Lipinski definition) is 2. The zero-order valence-corrected chi connectivity index (χ0v) is 37.8. The van der Waals surface area contributed by atoms with Crippen LogP contribution in [0.4, 0.5) is 0 Å². The van der Waals surface area contributed by atoms with Gasteiger partial charge in [-0.1, -0.05) is 186 Å². The summed E-state index contributed by atoms with van der Waals surface area (Å²) in [6, 6.07) is -0.885. The molecule has 55 heavy (non-hydrogen) atoms. The first-order valence-corrected chi connectivity index (χ1v) is 24.7. The first-order chi connectivity index (χ1) is 26.5. The van der Waals surface area contributed by atoms with E-state index in [4.69, 9.17) is 9.05 Å². The van der Waals surface area contributed by atoms with E-state index >= 15 is 0 Å². The van der Waals surface area contributed by atoms with E-state index in [9.17, 15) is 19.4 Å². The lowest BCUT2D eigenvalue weighted by Crippen LogP contribution is -2.45. The largest absolute Gasteiger partial charge is 0.756 e. The predicted octanol–water partition coefficient (Wildman–Crippen LogP) is 12.3. The molecule has 3 unspecified atom stereocenters. The number of hydrogen-bond acceptors (Lipinski definition) is 6. The molecule has 0 rings (SSSR count). The number of nitrogens with one attached hydrogen (secondary N) is 1. The van der Waals surface area contributed by atoms with Crippen molar-refractivity contribution in [2.24, 2.45) is 0 Å². The van der Waals surface area contributed by atoms with Gasteiger partial charge in [-0.2, -0.15) is 0 Å². The van der Waals surface area contributed by atoms with Crippen molar-refractivity contribution in [3.63, 3.8) is 0 Å². The summed E-state index contributed by atoms with van der Waals surface area (Å²) in [6.07, 6.45) is 45.0. The Bertz CT molecular complexity index is 953. The molecular formula is C46H91N2O6P. The second kappa shape index (κ2) is 38.5. The quantitative estimate of drug-likeness (QED) is 0.0276. The Morgan fingerprint density at radius 1 is 0.618 bits per heavy atom. The SMILES string of the molecule is CCCCCCCCC/C=C\CCCCCCCCCC(=O)NC(COP(=O)([O-])OCC[N+](C)(C)C)C(O)/C=C/CCCCCCCCCCCCCCC. The number of aliphatic hydroxyl groups is 1. The number of carbonyl (C=O) groups excluding carboxylic acids is 1. The van der Waals surface area contributed by atoms with Crippen LogP contribution in [0.25, 0.3) is 0 Å². The Balaban J connectivity index is 4.39. The van der Waals surface area contributed by atoms with Crippen LogP contribution in [-0.4, -0.2) is 68.5 Å². The van der Waals surface area contributed by atoms with Gasteiger partial charge in [0.15, 0.2) is 0 Å². The van der Waals surface area contributed by atoms with Crippen molar-refractivity contribution in [2.75, 3.05) is 40.9 Å². The number of likely N-dealkylation sites (N-methyl/N-ethyl adjacent to an activating group) is 1. The second-order valence-corrected chi connectivity index (χ2v) is 18.5. The van der Waals surface area contributed by atoms with Crippen LogP contribution >= 0.6 is 7.82 Å². The predicted molar refractivity (Wildman–Crippen MR) is 233 cm³/mol. The molecule has 0 aromatic carbocycles. The van der Waals surface area contributed by atoms with E-state index in [1.54, 1.807) is 6.08 Å². The van der Waals surface area contributed by atoms with Crippen LogP contribution in [0, 0.1) is 0 Å². The summed E-state index contributed by atoms with van der Waals surface area (Å²) in [4.78, 5) is 25.3. The maximum absolute atomic E-state index is 12.9. The smallest absolute Gasteiger partial charge is 0.268 e. The molecule has 0 saturated heterocycles. The zero-order valence-electron chi connectivity index (χ0n) is 36.9. The maximum Gasteiger partial charge on any atom is 0.268 e. The molecule has 0 aromatic rings. The molecule has 0 aliphatic carbocycles. The standard InChI is InChI=1S/C46H91N2O6P/c1-6-8-10-12-14-16-18-20-22-23-24-26-28-30-32-34-36-38-40-46(50)47-44(43-54-55(51,52)53-42-41-48(3,4)5)45(49)39-37-35-33-31-29-27-25-21-19-17-15-13-11-9-7-2/h22-23,37,39,44-45,49H,6-21,24-36,38,40-43H2,1-5H3,(H-,47,50,51,52)/b23-22-,39-37+. The van der Waals surface area contributed by atoms with Crippen LogP contribution in [0.1, 0.15) is 213 Å². The zero-order chi connectivity index (χ0) is 40.7. The molecule has 326 valence electrons. The van der Waals surface area contributed by atoms with Crippen LogP contribution < -0.4 is 10.2 Å². The highest BCUT2D eigenvalue weighted by atomic mass is 31.2. The molecule has 0 heterocycles. The van der Waals surface area contributed by atoms with Gasteiger partial charge in [-0.15, -0.1) is 0 Å². The van der Waals surface area contributed by atoms with Gasteiger partial charge < -0.3 is 28.8 Å². The maximum atomic E-state index is 12.9. The number of rotatable bonds is 42. The van der Waals surface area contributed by atoms with Gasteiger partial charge >= 0.3 is 0 Å². The molecular weight excluding hydrogens is 707 g/mol. The molecule has 2 N–H and O–H groups in total. The Morgan fingerprint density at radius 3 is 1.42 bits per heavy atom. The van der Waals surface area contributed by atoms with Crippen molar-refractivity contribution in [1.29, 1.82) is 0 Å². The summed E-state index contributed by atoms with van der Waals surface area (Å²) >= 11 is 0. The summed E-state index contributed by atoms with van der Waals surface area (Å²) in [5, 5.41) is 13.8. The molecule has 3 atom stereocenters. The number of phosphoric acid groups is 1. The third kappa shape index (κ3) is 41.0. The summed E-state index contributed by atoms with van der Waals surface area (Å²) in [7, 11) is 1.26. The van der Waals surface area contributed by atoms with E-state index < -0.39 is 20.0 Å². The number of phosphoric ester groups is 1. The number of aliphatic hydroxyl groups excluding tert-OH is 1. The highest BCUT2D eigenvalue weighted by molar-refractivity contribution is 7.45. The van der Waals surface area contributed by atoms with Crippen molar-refractivity contribution >= 4 is 13.7 Å². The van der Waals surface area contributed by atoms with Gasteiger partial charge in [-0.3, -0.25) is 9.36 Å².